The minimum Gasteiger partial charge on any atom is -0.333 e. The summed E-state index contributed by atoms with van der Waals surface area (Å²) in [4.78, 5) is 42.4. The van der Waals surface area contributed by atoms with E-state index in [-0.39, 0.29) is 17.4 Å². The summed E-state index contributed by atoms with van der Waals surface area (Å²) in [5, 5.41) is 1.90. The minimum absolute atomic E-state index is 0.00862. The standard InChI is InChI=1S/C23H25N5O2S/c29-22-18-15-28(23(30)20-2-1-13-31-20)12-7-19(18)25-21(26-22)17-5-10-27(11-6-17)14-16-3-8-24-9-4-16/h1-4,8-9,13,17H,5-7,10-12,14-15H2,(H,25,26,29). The second-order valence-corrected chi connectivity index (χ2v) is 9.18. The molecule has 2 aliphatic heterocycles. The Bertz CT molecular complexity index is 1100. The van der Waals surface area contributed by atoms with E-state index >= 15 is 0 Å². The van der Waals surface area contributed by atoms with Gasteiger partial charge in [0, 0.05) is 37.8 Å². The highest BCUT2D eigenvalue weighted by Crippen LogP contribution is 2.27. The number of aromatic nitrogens is 3. The fourth-order valence-corrected chi connectivity index (χ4v) is 5.17. The van der Waals surface area contributed by atoms with Crippen LogP contribution in [0.3, 0.4) is 0 Å². The number of amides is 1. The van der Waals surface area contributed by atoms with Crippen molar-refractivity contribution in [2.45, 2.75) is 38.3 Å². The molecule has 3 aromatic rings. The molecule has 0 radical (unpaired) electrons. The maximum atomic E-state index is 12.8. The van der Waals surface area contributed by atoms with Crippen LogP contribution in [0.5, 0.6) is 0 Å². The minimum atomic E-state index is -0.0945. The van der Waals surface area contributed by atoms with Crippen molar-refractivity contribution in [1.82, 2.24) is 24.8 Å². The summed E-state index contributed by atoms with van der Waals surface area (Å²) in [5.41, 5.74) is 2.67. The molecule has 0 aromatic carbocycles. The van der Waals surface area contributed by atoms with Gasteiger partial charge in [-0.2, -0.15) is 0 Å². The van der Waals surface area contributed by atoms with Crippen LogP contribution in [0.1, 0.15) is 51.1 Å². The number of aromatic amines is 1. The number of nitrogens with one attached hydrogen (secondary N) is 1. The summed E-state index contributed by atoms with van der Waals surface area (Å²) in [6.45, 7) is 3.83. The first-order chi connectivity index (χ1) is 15.2. The first kappa shape index (κ1) is 20.1. The van der Waals surface area contributed by atoms with Crippen LogP contribution in [0.25, 0.3) is 0 Å². The van der Waals surface area contributed by atoms with Crippen molar-refractivity contribution in [3.05, 3.63) is 79.9 Å². The lowest BCUT2D eigenvalue weighted by molar-refractivity contribution is 0.0737. The van der Waals surface area contributed by atoms with Crippen molar-refractivity contribution in [3.63, 3.8) is 0 Å². The summed E-state index contributed by atoms with van der Waals surface area (Å²) >= 11 is 1.43. The molecule has 0 bridgehead atoms. The van der Waals surface area contributed by atoms with Gasteiger partial charge in [0.25, 0.3) is 11.5 Å². The van der Waals surface area contributed by atoms with E-state index in [4.69, 9.17) is 4.98 Å². The van der Waals surface area contributed by atoms with Gasteiger partial charge in [0.15, 0.2) is 0 Å². The van der Waals surface area contributed by atoms with E-state index in [0.717, 1.165) is 44.0 Å². The Labute approximate surface area is 184 Å². The molecule has 0 spiro atoms. The SMILES string of the molecule is O=C(c1cccs1)N1CCc2nc(C3CCN(Cc4ccncc4)CC3)[nH]c(=O)c2C1. The molecule has 0 unspecified atom stereocenters. The van der Waals surface area contributed by atoms with Gasteiger partial charge in [0.2, 0.25) is 0 Å². The highest BCUT2D eigenvalue weighted by atomic mass is 32.1. The maximum Gasteiger partial charge on any atom is 0.264 e. The topological polar surface area (TPSA) is 82.2 Å². The molecule has 0 aliphatic carbocycles. The van der Waals surface area contributed by atoms with Crippen LogP contribution in [-0.4, -0.2) is 50.3 Å². The van der Waals surface area contributed by atoms with Gasteiger partial charge in [0.05, 0.1) is 22.7 Å². The number of nitrogens with zero attached hydrogens (tertiary/aromatic N) is 4. The van der Waals surface area contributed by atoms with Crippen LogP contribution in [-0.2, 0) is 19.5 Å². The number of carbonyl (C=O) groups excluding carboxylic acids is 1. The Balaban J connectivity index is 1.25. The lowest BCUT2D eigenvalue weighted by Crippen LogP contribution is -2.40. The zero-order chi connectivity index (χ0) is 21.2. The second-order valence-electron chi connectivity index (χ2n) is 8.24. The lowest BCUT2D eigenvalue weighted by Gasteiger charge is -2.32. The smallest absolute Gasteiger partial charge is 0.264 e. The van der Waals surface area contributed by atoms with Crippen molar-refractivity contribution in [3.8, 4) is 0 Å². The summed E-state index contributed by atoms with van der Waals surface area (Å²) in [7, 11) is 0. The van der Waals surface area contributed by atoms with Crippen LogP contribution in [0.2, 0.25) is 0 Å². The number of thiophene rings is 1. The molecular weight excluding hydrogens is 410 g/mol. The van der Waals surface area contributed by atoms with Gasteiger partial charge in [-0.1, -0.05) is 6.07 Å². The largest absolute Gasteiger partial charge is 0.333 e. The zero-order valence-electron chi connectivity index (χ0n) is 17.3. The molecule has 1 saturated heterocycles. The van der Waals surface area contributed by atoms with Crippen molar-refractivity contribution in [2.24, 2.45) is 0 Å². The number of piperidine rings is 1. The fourth-order valence-electron chi connectivity index (χ4n) is 4.48. The Hall–Kier alpha value is -2.84. The highest BCUT2D eigenvalue weighted by molar-refractivity contribution is 7.12. The number of rotatable bonds is 4. The number of fused-ring (bicyclic) bond motifs is 1. The lowest BCUT2D eigenvalue weighted by atomic mass is 9.95. The molecule has 31 heavy (non-hydrogen) atoms. The fraction of sp³-hybridized carbons (Fsp3) is 0.391. The van der Waals surface area contributed by atoms with E-state index in [1.165, 1.54) is 16.9 Å². The molecule has 2 aliphatic rings. The third-order valence-electron chi connectivity index (χ3n) is 6.24. The van der Waals surface area contributed by atoms with E-state index in [1.54, 1.807) is 4.90 Å². The molecule has 5 heterocycles. The van der Waals surface area contributed by atoms with Gasteiger partial charge >= 0.3 is 0 Å². The molecule has 5 rings (SSSR count). The molecule has 0 atom stereocenters. The molecule has 8 heteroatoms. The van der Waals surface area contributed by atoms with E-state index in [1.807, 2.05) is 29.9 Å². The van der Waals surface area contributed by atoms with E-state index < -0.39 is 0 Å². The normalized spacial score (nSPS) is 17.5. The maximum absolute atomic E-state index is 12.8. The molecule has 1 amide bonds. The molecule has 1 fully saturated rings. The van der Waals surface area contributed by atoms with E-state index in [0.29, 0.717) is 30.0 Å². The number of hydrogen-bond donors (Lipinski definition) is 1. The van der Waals surface area contributed by atoms with Gasteiger partial charge in [-0.25, -0.2) is 4.98 Å². The quantitative estimate of drug-likeness (QED) is 0.682. The van der Waals surface area contributed by atoms with Crippen molar-refractivity contribution in [2.75, 3.05) is 19.6 Å². The summed E-state index contributed by atoms with van der Waals surface area (Å²) in [5.74, 6) is 1.08. The van der Waals surface area contributed by atoms with E-state index in [2.05, 4.69) is 27.0 Å². The summed E-state index contributed by atoms with van der Waals surface area (Å²) in [6, 6.07) is 7.82. The molecule has 1 N–H and O–H groups in total. The number of likely N-dealkylation sites (tertiary alicyclic amines) is 1. The first-order valence-corrected chi connectivity index (χ1v) is 11.6. The summed E-state index contributed by atoms with van der Waals surface area (Å²) in [6.07, 6.45) is 6.26. The Morgan fingerprint density at radius 2 is 1.97 bits per heavy atom. The predicted octanol–water partition coefficient (Wildman–Crippen LogP) is 2.80. The monoisotopic (exact) mass is 435 g/mol. The number of pyridine rings is 1. The van der Waals surface area contributed by atoms with Crippen LogP contribution >= 0.6 is 11.3 Å². The number of hydrogen-bond acceptors (Lipinski definition) is 6. The van der Waals surface area contributed by atoms with Gasteiger partial charge in [-0.15, -0.1) is 11.3 Å². The van der Waals surface area contributed by atoms with Crippen molar-refractivity contribution < 1.29 is 4.79 Å². The van der Waals surface area contributed by atoms with Crippen LogP contribution < -0.4 is 5.56 Å². The summed E-state index contributed by atoms with van der Waals surface area (Å²) < 4.78 is 0. The molecule has 7 nitrogen and oxygen atoms in total. The number of H-pyrrole nitrogens is 1. The van der Waals surface area contributed by atoms with Crippen LogP contribution in [0.15, 0.2) is 46.8 Å². The van der Waals surface area contributed by atoms with Crippen LogP contribution in [0, 0.1) is 0 Å². The van der Waals surface area contributed by atoms with Gasteiger partial charge in [0.1, 0.15) is 5.82 Å². The van der Waals surface area contributed by atoms with Gasteiger partial charge < -0.3 is 9.88 Å². The Morgan fingerprint density at radius 1 is 1.16 bits per heavy atom. The Morgan fingerprint density at radius 3 is 2.71 bits per heavy atom. The zero-order valence-corrected chi connectivity index (χ0v) is 18.1. The highest BCUT2D eigenvalue weighted by Gasteiger charge is 2.28. The molecule has 160 valence electrons. The average Bonchev–Trinajstić information content (AvgIpc) is 3.35. The molecule has 3 aromatic heterocycles. The Kier molecular flexibility index (Phi) is 5.65. The first-order valence-electron chi connectivity index (χ1n) is 10.7. The van der Waals surface area contributed by atoms with Crippen molar-refractivity contribution >= 4 is 17.2 Å². The van der Waals surface area contributed by atoms with Crippen LogP contribution in [0.4, 0.5) is 0 Å². The average molecular weight is 436 g/mol. The van der Waals surface area contributed by atoms with Gasteiger partial charge in [-0.3, -0.25) is 19.5 Å². The molecular formula is C23H25N5O2S. The van der Waals surface area contributed by atoms with Gasteiger partial charge in [-0.05, 0) is 55.1 Å². The van der Waals surface area contributed by atoms with E-state index in [9.17, 15) is 9.59 Å². The number of carbonyl (C=O) groups is 1. The second kappa shape index (κ2) is 8.72. The predicted molar refractivity (Wildman–Crippen MR) is 119 cm³/mol. The third-order valence-corrected chi connectivity index (χ3v) is 7.09. The van der Waals surface area contributed by atoms with Crippen molar-refractivity contribution in [1.29, 1.82) is 0 Å². The third kappa shape index (κ3) is 4.31. The molecule has 0 saturated carbocycles.